The second kappa shape index (κ2) is 28.4. The molecule has 2 N–H and O–H groups in total. The van der Waals surface area contributed by atoms with Crippen LogP contribution in [-0.4, -0.2) is 28.1 Å². The Balaban J connectivity index is 0.000000553. The van der Waals surface area contributed by atoms with Crippen molar-refractivity contribution in [1.29, 1.82) is 0 Å². The van der Waals surface area contributed by atoms with Crippen LogP contribution >= 0.6 is 46.4 Å². The predicted octanol–water partition coefficient (Wildman–Crippen LogP) is 12.3. The molecule has 0 unspecified atom stereocenters. The smallest absolute Gasteiger partial charge is 0.870 e. The molecular weight excluding hydrogens is 841 g/mol. The molecule has 1 fully saturated rings. The zero-order valence-electron chi connectivity index (χ0n) is 36.1. The van der Waals surface area contributed by atoms with Gasteiger partial charge in [-0.15, -0.1) is 46.4 Å². The molecule has 6 aromatic rings. The van der Waals surface area contributed by atoms with E-state index in [4.69, 9.17) is 55.9 Å². The number of phenolic OH excluding ortho intramolecular Hbond substituents is 1. The van der Waals surface area contributed by atoms with Gasteiger partial charge >= 0.3 is 29.6 Å². The molecule has 0 spiro atoms. The van der Waals surface area contributed by atoms with E-state index in [0.29, 0.717) is 5.75 Å². The molecule has 0 heterocycles. The number of benzene rings is 6. The van der Waals surface area contributed by atoms with Crippen LogP contribution in [0.25, 0.3) is 0 Å². The summed E-state index contributed by atoms with van der Waals surface area (Å²) in [7, 11) is 0. The van der Waals surface area contributed by atoms with Gasteiger partial charge in [0, 0.05) is 16.2 Å². The Morgan fingerprint density at radius 3 is 0.850 bits per heavy atom. The van der Waals surface area contributed by atoms with E-state index in [0.717, 1.165) is 11.5 Å². The minimum Gasteiger partial charge on any atom is -0.870 e. The van der Waals surface area contributed by atoms with E-state index in [2.05, 4.69) is 139 Å². The van der Waals surface area contributed by atoms with Crippen molar-refractivity contribution in [2.75, 3.05) is 17.5 Å². The number of hydrogen-bond acceptors (Lipinski definition) is 4. The average Bonchev–Trinajstić information content (AvgIpc) is 4.14. The second-order valence-electron chi connectivity index (χ2n) is 15.2. The van der Waals surface area contributed by atoms with Gasteiger partial charge in [-0.1, -0.05) is 188 Å². The summed E-state index contributed by atoms with van der Waals surface area (Å²) in [6, 6.07) is 55.5. The van der Waals surface area contributed by atoms with Crippen molar-refractivity contribution < 1.29 is 49.6 Å². The first-order valence-corrected chi connectivity index (χ1v) is 21.6. The molecule has 1 aliphatic rings. The SMILES string of the molecule is C1CC1.CC(C)(c1ccccc1)c1ccc(O)cc1.CC(C)(c1ccccc1)c1ccc(OCOc2ccc(C(C)(C)c3ccccc3)cc2)cc1.ClCCl.ClCCl.[Na+].[OH-]. The third-order valence-electron chi connectivity index (χ3n) is 10.0. The van der Waals surface area contributed by atoms with Crippen LogP contribution in [0.1, 0.15) is 94.2 Å². The predicted molar refractivity (Wildman–Crippen MR) is 252 cm³/mol. The Morgan fingerprint density at radius 2 is 0.617 bits per heavy atom. The maximum atomic E-state index is 9.29. The number of aromatic hydroxyl groups is 1. The summed E-state index contributed by atoms with van der Waals surface area (Å²) in [5.41, 5.74) is 7.41. The fourth-order valence-corrected chi connectivity index (χ4v) is 6.04. The van der Waals surface area contributed by atoms with Gasteiger partial charge in [0.15, 0.2) is 0 Å². The van der Waals surface area contributed by atoms with E-state index in [-0.39, 0.29) is 68.7 Å². The molecule has 4 nitrogen and oxygen atoms in total. The monoisotopic (exact) mass is 898 g/mol. The maximum absolute atomic E-state index is 9.29. The zero-order valence-corrected chi connectivity index (χ0v) is 41.1. The largest absolute Gasteiger partial charge is 1.00 e. The molecule has 0 bridgehead atoms. The third kappa shape index (κ3) is 18.1. The first-order valence-electron chi connectivity index (χ1n) is 19.5. The molecule has 0 radical (unpaired) electrons. The fraction of sp³-hybridized carbons (Fsp3) is 0.294. The number of phenols is 1. The summed E-state index contributed by atoms with van der Waals surface area (Å²) in [6.45, 7) is 13.5. The normalized spacial score (nSPS) is 11.3. The molecule has 7 rings (SSSR count). The number of alkyl halides is 4. The molecule has 1 saturated carbocycles. The quantitative estimate of drug-likeness (QED) is 0.0845. The maximum Gasteiger partial charge on any atom is 1.00 e. The van der Waals surface area contributed by atoms with E-state index < -0.39 is 0 Å². The van der Waals surface area contributed by atoms with Gasteiger partial charge in [0.1, 0.15) is 17.2 Å². The Labute approximate surface area is 401 Å². The molecule has 0 amide bonds. The van der Waals surface area contributed by atoms with Crippen LogP contribution in [0.15, 0.2) is 164 Å². The molecule has 0 atom stereocenters. The number of ether oxygens (including phenoxy) is 2. The van der Waals surface area contributed by atoms with E-state index in [1.54, 1.807) is 12.1 Å². The molecule has 0 aliphatic heterocycles. The third-order valence-corrected chi connectivity index (χ3v) is 10.0. The van der Waals surface area contributed by atoms with Gasteiger partial charge in [-0.25, -0.2) is 0 Å². The minimum atomic E-state index is -0.0639. The molecule has 9 heteroatoms. The average molecular weight is 901 g/mol. The first-order chi connectivity index (χ1) is 27.8. The van der Waals surface area contributed by atoms with Gasteiger partial charge in [0.25, 0.3) is 0 Å². The van der Waals surface area contributed by atoms with Gasteiger partial charge in [-0.2, -0.15) is 0 Å². The van der Waals surface area contributed by atoms with E-state index >= 15 is 0 Å². The number of halogens is 4. The van der Waals surface area contributed by atoms with Crippen LogP contribution in [0.2, 0.25) is 0 Å². The van der Waals surface area contributed by atoms with Crippen molar-refractivity contribution in [3.63, 3.8) is 0 Å². The Kier molecular flexibility index (Phi) is 26.0. The van der Waals surface area contributed by atoms with Gasteiger partial charge in [0.2, 0.25) is 6.79 Å². The Hall–Kier alpha value is -3.16. The summed E-state index contributed by atoms with van der Waals surface area (Å²) in [6.07, 6.45) is 4.50. The molecular formula is C51H59Cl4NaO4. The summed E-state index contributed by atoms with van der Waals surface area (Å²) in [4.78, 5) is 0. The van der Waals surface area contributed by atoms with E-state index in [9.17, 15) is 5.11 Å². The summed E-state index contributed by atoms with van der Waals surface area (Å²) < 4.78 is 11.7. The van der Waals surface area contributed by atoms with Crippen LogP contribution in [0.4, 0.5) is 0 Å². The Morgan fingerprint density at radius 1 is 0.400 bits per heavy atom. The van der Waals surface area contributed by atoms with Crippen LogP contribution in [0.3, 0.4) is 0 Å². The Bertz CT molecular complexity index is 1870. The molecule has 316 valence electrons. The van der Waals surface area contributed by atoms with Crippen molar-refractivity contribution >= 4 is 46.4 Å². The van der Waals surface area contributed by atoms with Crippen LogP contribution in [0, 0.1) is 0 Å². The van der Waals surface area contributed by atoms with Crippen molar-refractivity contribution in [3.05, 3.63) is 197 Å². The molecule has 0 saturated heterocycles. The van der Waals surface area contributed by atoms with Gasteiger partial charge in [-0.05, 0) is 69.8 Å². The van der Waals surface area contributed by atoms with Gasteiger partial charge < -0.3 is 20.1 Å². The molecule has 60 heavy (non-hydrogen) atoms. The van der Waals surface area contributed by atoms with E-state index in [1.165, 1.54) is 52.6 Å². The molecule has 6 aromatic carbocycles. The summed E-state index contributed by atoms with van der Waals surface area (Å²) >= 11 is 19.1. The number of rotatable bonds is 10. The minimum absolute atomic E-state index is 0. The van der Waals surface area contributed by atoms with Crippen molar-refractivity contribution in [3.8, 4) is 17.2 Å². The topological polar surface area (TPSA) is 68.7 Å². The van der Waals surface area contributed by atoms with E-state index in [1.807, 2.05) is 54.6 Å². The van der Waals surface area contributed by atoms with Crippen LogP contribution < -0.4 is 39.0 Å². The van der Waals surface area contributed by atoms with Crippen molar-refractivity contribution in [1.82, 2.24) is 0 Å². The fourth-order valence-electron chi connectivity index (χ4n) is 6.04. The van der Waals surface area contributed by atoms with Crippen LogP contribution in [-0.2, 0) is 16.2 Å². The van der Waals surface area contributed by atoms with Gasteiger partial charge in [0.05, 0.1) is 10.7 Å². The summed E-state index contributed by atoms with van der Waals surface area (Å²) in [5.74, 6) is 1.90. The summed E-state index contributed by atoms with van der Waals surface area (Å²) in [5, 5.41) is 9.68. The first kappa shape index (κ1) is 54.9. The molecule has 1 aliphatic carbocycles. The van der Waals surface area contributed by atoms with Crippen molar-refractivity contribution in [2.45, 2.75) is 77.0 Å². The number of hydrogen-bond donors (Lipinski definition) is 1. The second-order valence-corrected chi connectivity index (χ2v) is 16.9. The van der Waals surface area contributed by atoms with Crippen molar-refractivity contribution in [2.24, 2.45) is 0 Å². The van der Waals surface area contributed by atoms with Gasteiger partial charge in [-0.3, -0.25) is 0 Å². The van der Waals surface area contributed by atoms with Crippen LogP contribution in [0.5, 0.6) is 17.2 Å². The molecule has 0 aromatic heterocycles. The standard InChI is InChI=1S/C31H32O2.C15H16O.C3H6.2CH2Cl2.Na.H2O/c1-30(2,24-11-7-5-8-12-24)26-15-19-28(20-16-26)32-23-33-29-21-17-27(18-22-29)31(3,4)25-13-9-6-10-14-25;1-15(2,12-6-4-3-5-7-12)13-8-10-14(16)11-9-13;1-2-3-1;2*2-1-3;;/h5-22H,23H2,1-4H3;3-11,16H,1-2H3;1-3H2;2*1H2;;1H2/q;;;;;+1;/p-1. The zero-order chi connectivity index (χ0) is 42.4.